The molecule has 0 aromatic carbocycles. The molecule has 1 saturated carbocycles. The van der Waals surface area contributed by atoms with Crippen LogP contribution in [0.4, 0.5) is 0 Å². The van der Waals surface area contributed by atoms with Gasteiger partial charge in [-0.15, -0.1) is 0 Å². The highest BCUT2D eigenvalue weighted by atomic mass is 15.2. The van der Waals surface area contributed by atoms with Gasteiger partial charge >= 0.3 is 0 Å². The van der Waals surface area contributed by atoms with Gasteiger partial charge in [0.2, 0.25) is 0 Å². The molecule has 1 aliphatic carbocycles. The second kappa shape index (κ2) is 4.13. The lowest BCUT2D eigenvalue weighted by Gasteiger charge is -2.16. The first-order valence-electron chi connectivity index (χ1n) is 5.46. The molecule has 14 heavy (non-hydrogen) atoms. The van der Waals surface area contributed by atoms with Gasteiger partial charge in [-0.05, 0) is 18.8 Å². The van der Waals surface area contributed by atoms with Crippen LogP contribution in [0.3, 0.4) is 0 Å². The van der Waals surface area contributed by atoms with Crippen LogP contribution in [0.5, 0.6) is 0 Å². The molecule has 1 aliphatic rings. The molecule has 2 rings (SSSR count). The van der Waals surface area contributed by atoms with E-state index in [1.165, 1.54) is 24.8 Å². The molecule has 3 nitrogen and oxygen atoms in total. The summed E-state index contributed by atoms with van der Waals surface area (Å²) in [6, 6.07) is 0.718. The van der Waals surface area contributed by atoms with Gasteiger partial charge in [0, 0.05) is 31.4 Å². The first kappa shape index (κ1) is 9.71. The van der Waals surface area contributed by atoms with Gasteiger partial charge < -0.3 is 5.32 Å². The van der Waals surface area contributed by atoms with Crippen LogP contribution in [0.1, 0.15) is 31.7 Å². The molecule has 0 radical (unpaired) electrons. The monoisotopic (exact) mass is 193 g/mol. The Bertz CT molecular complexity index is 292. The fourth-order valence-electron chi connectivity index (χ4n) is 2.26. The van der Waals surface area contributed by atoms with Crippen molar-refractivity contribution in [3.8, 4) is 0 Å². The predicted octanol–water partition coefficient (Wildman–Crippen LogP) is 1.70. The maximum atomic E-state index is 4.16. The minimum atomic E-state index is 0.718. The van der Waals surface area contributed by atoms with Gasteiger partial charge in [-0.3, -0.25) is 4.68 Å². The molecule has 1 heterocycles. The second-order valence-corrected chi connectivity index (χ2v) is 4.42. The quantitative estimate of drug-likeness (QED) is 0.792. The molecule has 0 amide bonds. The van der Waals surface area contributed by atoms with E-state index < -0.39 is 0 Å². The zero-order valence-electron chi connectivity index (χ0n) is 9.03. The lowest BCUT2D eigenvalue weighted by atomic mass is 10.1. The normalized spacial score (nSPS) is 27.0. The molecular formula is C11H19N3. The van der Waals surface area contributed by atoms with Crippen molar-refractivity contribution in [1.82, 2.24) is 15.1 Å². The summed E-state index contributed by atoms with van der Waals surface area (Å²) >= 11 is 0. The van der Waals surface area contributed by atoms with Crippen molar-refractivity contribution < 1.29 is 0 Å². The highest BCUT2D eigenvalue weighted by Gasteiger charge is 2.22. The van der Waals surface area contributed by atoms with Crippen molar-refractivity contribution in [2.24, 2.45) is 13.0 Å². The summed E-state index contributed by atoms with van der Waals surface area (Å²) in [7, 11) is 1.96. The molecular weight excluding hydrogens is 174 g/mol. The molecule has 1 aromatic heterocycles. The summed E-state index contributed by atoms with van der Waals surface area (Å²) in [4.78, 5) is 0. The lowest BCUT2D eigenvalue weighted by Crippen LogP contribution is -2.30. The SMILES string of the molecule is CC1CCCC1NCc1cnn(C)c1. The molecule has 78 valence electrons. The smallest absolute Gasteiger partial charge is 0.0534 e. The van der Waals surface area contributed by atoms with Crippen molar-refractivity contribution in [3.63, 3.8) is 0 Å². The number of nitrogens with one attached hydrogen (secondary N) is 1. The van der Waals surface area contributed by atoms with Crippen LogP contribution in [0.25, 0.3) is 0 Å². The van der Waals surface area contributed by atoms with Gasteiger partial charge in [-0.25, -0.2) is 0 Å². The Morgan fingerprint density at radius 1 is 1.57 bits per heavy atom. The molecule has 1 N–H and O–H groups in total. The van der Waals surface area contributed by atoms with Gasteiger partial charge in [-0.1, -0.05) is 13.3 Å². The van der Waals surface area contributed by atoms with E-state index in [9.17, 15) is 0 Å². The Hall–Kier alpha value is -0.830. The minimum Gasteiger partial charge on any atom is -0.310 e. The molecule has 0 bridgehead atoms. The third kappa shape index (κ3) is 2.15. The van der Waals surface area contributed by atoms with Gasteiger partial charge in [0.1, 0.15) is 0 Å². The van der Waals surface area contributed by atoms with E-state index in [0.29, 0.717) is 0 Å². The number of aromatic nitrogens is 2. The standard InChI is InChI=1S/C11H19N3/c1-9-4-3-5-11(9)12-6-10-7-13-14(2)8-10/h7-9,11-12H,3-6H2,1-2H3. The number of hydrogen-bond acceptors (Lipinski definition) is 2. The Morgan fingerprint density at radius 3 is 3.00 bits per heavy atom. The van der Waals surface area contributed by atoms with Crippen LogP contribution < -0.4 is 5.32 Å². The Labute approximate surface area is 85.5 Å². The fraction of sp³-hybridized carbons (Fsp3) is 0.727. The van der Waals surface area contributed by atoms with Crippen LogP contribution in [-0.4, -0.2) is 15.8 Å². The van der Waals surface area contributed by atoms with E-state index >= 15 is 0 Å². The summed E-state index contributed by atoms with van der Waals surface area (Å²) in [6.07, 6.45) is 8.11. The average molecular weight is 193 g/mol. The van der Waals surface area contributed by atoms with Crippen LogP contribution in [0.15, 0.2) is 12.4 Å². The Morgan fingerprint density at radius 2 is 2.43 bits per heavy atom. The van der Waals surface area contributed by atoms with E-state index in [1.807, 2.05) is 17.9 Å². The van der Waals surface area contributed by atoms with Gasteiger partial charge in [0.25, 0.3) is 0 Å². The Balaban J connectivity index is 1.82. The van der Waals surface area contributed by atoms with Crippen molar-refractivity contribution in [2.45, 2.75) is 38.8 Å². The van der Waals surface area contributed by atoms with E-state index in [2.05, 4.69) is 23.5 Å². The maximum Gasteiger partial charge on any atom is 0.0534 e. The third-order valence-corrected chi connectivity index (χ3v) is 3.19. The van der Waals surface area contributed by atoms with E-state index in [1.54, 1.807) is 0 Å². The molecule has 0 aliphatic heterocycles. The molecule has 2 unspecified atom stereocenters. The topological polar surface area (TPSA) is 29.9 Å². The second-order valence-electron chi connectivity index (χ2n) is 4.42. The number of aryl methyl sites for hydroxylation is 1. The zero-order valence-corrected chi connectivity index (χ0v) is 9.03. The molecule has 0 saturated heterocycles. The van der Waals surface area contributed by atoms with Crippen LogP contribution in [0, 0.1) is 5.92 Å². The summed E-state index contributed by atoms with van der Waals surface area (Å²) in [6.45, 7) is 3.30. The third-order valence-electron chi connectivity index (χ3n) is 3.19. The average Bonchev–Trinajstić information content (AvgIpc) is 2.72. The van der Waals surface area contributed by atoms with E-state index in [0.717, 1.165) is 18.5 Å². The van der Waals surface area contributed by atoms with Crippen LogP contribution in [0.2, 0.25) is 0 Å². The zero-order chi connectivity index (χ0) is 9.97. The van der Waals surface area contributed by atoms with Crippen LogP contribution in [-0.2, 0) is 13.6 Å². The largest absolute Gasteiger partial charge is 0.310 e. The molecule has 0 spiro atoms. The summed E-state index contributed by atoms with van der Waals surface area (Å²) in [5.74, 6) is 0.840. The minimum absolute atomic E-state index is 0.718. The number of nitrogens with zero attached hydrogens (tertiary/aromatic N) is 2. The highest BCUT2D eigenvalue weighted by molar-refractivity contribution is 5.03. The highest BCUT2D eigenvalue weighted by Crippen LogP contribution is 2.24. The number of rotatable bonds is 3. The summed E-state index contributed by atoms with van der Waals surface area (Å²) in [5, 5.41) is 7.77. The first-order chi connectivity index (χ1) is 6.75. The maximum absolute atomic E-state index is 4.16. The Kier molecular flexibility index (Phi) is 2.87. The molecule has 3 heteroatoms. The summed E-state index contributed by atoms with van der Waals surface area (Å²) < 4.78 is 1.86. The summed E-state index contributed by atoms with van der Waals surface area (Å²) in [5.41, 5.74) is 1.28. The van der Waals surface area contributed by atoms with Gasteiger partial charge in [0.15, 0.2) is 0 Å². The van der Waals surface area contributed by atoms with E-state index in [4.69, 9.17) is 0 Å². The number of hydrogen-bond donors (Lipinski definition) is 1. The van der Waals surface area contributed by atoms with Crippen molar-refractivity contribution in [3.05, 3.63) is 18.0 Å². The van der Waals surface area contributed by atoms with Gasteiger partial charge in [-0.2, -0.15) is 5.10 Å². The van der Waals surface area contributed by atoms with Crippen molar-refractivity contribution in [2.75, 3.05) is 0 Å². The molecule has 1 fully saturated rings. The van der Waals surface area contributed by atoms with Crippen molar-refractivity contribution >= 4 is 0 Å². The van der Waals surface area contributed by atoms with Crippen molar-refractivity contribution in [1.29, 1.82) is 0 Å². The predicted molar refractivity (Wildman–Crippen MR) is 56.9 cm³/mol. The first-order valence-corrected chi connectivity index (χ1v) is 5.46. The molecule has 1 aromatic rings. The lowest BCUT2D eigenvalue weighted by molar-refractivity contribution is 0.426. The fourth-order valence-corrected chi connectivity index (χ4v) is 2.26. The van der Waals surface area contributed by atoms with Gasteiger partial charge in [0.05, 0.1) is 6.20 Å². The van der Waals surface area contributed by atoms with Crippen LogP contribution >= 0.6 is 0 Å². The molecule has 2 atom stereocenters. The van der Waals surface area contributed by atoms with E-state index in [-0.39, 0.29) is 0 Å².